The lowest BCUT2D eigenvalue weighted by Gasteiger charge is -2.16. The molecule has 10 heteroatoms. The fraction of sp³-hybridized carbons (Fsp3) is 0.158. The normalized spacial score (nSPS) is 15.2. The Hall–Kier alpha value is -2.75. The molecule has 0 spiro atoms. The van der Waals surface area contributed by atoms with Crippen molar-refractivity contribution < 1.29 is 27.5 Å². The van der Waals surface area contributed by atoms with Crippen LogP contribution >= 0.6 is 11.6 Å². The molecule has 0 heterocycles. The summed E-state index contributed by atoms with van der Waals surface area (Å²) < 4.78 is 42.0. The number of carboxylic acid groups (broad SMARTS) is 1. The molecule has 3 N–H and O–H groups in total. The standard InChI is InChI=1S/C19H16ClFN2O5S/c20-11-1-3-12(4-2-11)29(27,28)23-17-8-6-13-14(17)5-7-16(21)15(13)9-18(24)22-10-19(25)26/h1-8,17,23H,9-10H2,(H,22,24)(H,25,26). The minimum atomic E-state index is -3.87. The second-order valence-electron chi connectivity index (χ2n) is 6.29. The summed E-state index contributed by atoms with van der Waals surface area (Å²) >= 11 is 5.79. The van der Waals surface area contributed by atoms with Crippen molar-refractivity contribution in [2.45, 2.75) is 17.4 Å². The Morgan fingerprint density at radius 3 is 2.48 bits per heavy atom. The molecule has 1 unspecified atom stereocenters. The van der Waals surface area contributed by atoms with Crippen LogP contribution in [0.25, 0.3) is 6.08 Å². The quantitative estimate of drug-likeness (QED) is 0.613. The number of benzene rings is 2. The van der Waals surface area contributed by atoms with Gasteiger partial charge in [-0.25, -0.2) is 12.8 Å². The number of carboxylic acids is 1. The van der Waals surface area contributed by atoms with E-state index in [4.69, 9.17) is 16.7 Å². The maximum absolute atomic E-state index is 14.3. The molecule has 0 aliphatic heterocycles. The largest absolute Gasteiger partial charge is 0.480 e. The fourth-order valence-corrected chi connectivity index (χ4v) is 4.25. The van der Waals surface area contributed by atoms with Gasteiger partial charge in [0.15, 0.2) is 0 Å². The SMILES string of the molecule is O=C(O)CNC(=O)Cc1c(F)ccc2c1C=CC2NS(=O)(=O)c1ccc(Cl)cc1. The number of halogens is 2. The zero-order valence-corrected chi connectivity index (χ0v) is 16.4. The molecule has 0 saturated heterocycles. The summed E-state index contributed by atoms with van der Waals surface area (Å²) in [5.41, 5.74) is 0.944. The highest BCUT2D eigenvalue weighted by molar-refractivity contribution is 7.89. The number of hydrogen-bond donors (Lipinski definition) is 3. The van der Waals surface area contributed by atoms with Crippen molar-refractivity contribution in [2.24, 2.45) is 0 Å². The van der Waals surface area contributed by atoms with Crippen LogP contribution < -0.4 is 10.0 Å². The van der Waals surface area contributed by atoms with Crippen LogP contribution in [0.4, 0.5) is 4.39 Å². The lowest BCUT2D eigenvalue weighted by Crippen LogP contribution is -2.31. The number of carbonyl (C=O) groups is 2. The second kappa shape index (κ2) is 8.32. The monoisotopic (exact) mass is 438 g/mol. The van der Waals surface area contributed by atoms with E-state index < -0.39 is 40.3 Å². The highest BCUT2D eigenvalue weighted by atomic mass is 35.5. The van der Waals surface area contributed by atoms with Gasteiger partial charge < -0.3 is 10.4 Å². The van der Waals surface area contributed by atoms with E-state index in [1.165, 1.54) is 36.4 Å². The molecule has 0 fully saturated rings. The molecule has 152 valence electrons. The van der Waals surface area contributed by atoms with Crippen LogP contribution in [0.2, 0.25) is 5.02 Å². The van der Waals surface area contributed by atoms with Crippen molar-refractivity contribution in [1.82, 2.24) is 10.0 Å². The average molecular weight is 439 g/mol. The van der Waals surface area contributed by atoms with Gasteiger partial charge in [0.05, 0.1) is 17.4 Å². The summed E-state index contributed by atoms with van der Waals surface area (Å²) in [4.78, 5) is 22.5. The van der Waals surface area contributed by atoms with Crippen molar-refractivity contribution in [1.29, 1.82) is 0 Å². The Kier molecular flexibility index (Phi) is 6.02. The number of hydrogen-bond acceptors (Lipinski definition) is 4. The summed E-state index contributed by atoms with van der Waals surface area (Å²) in [6.07, 6.45) is 2.72. The number of amides is 1. The van der Waals surface area contributed by atoms with Crippen LogP contribution in [0.15, 0.2) is 47.4 Å². The Balaban J connectivity index is 1.83. The average Bonchev–Trinajstić information content (AvgIpc) is 3.05. The van der Waals surface area contributed by atoms with Crippen LogP contribution in [-0.2, 0) is 26.0 Å². The summed E-state index contributed by atoms with van der Waals surface area (Å²) in [7, 11) is -3.87. The molecule has 29 heavy (non-hydrogen) atoms. The van der Waals surface area contributed by atoms with Crippen molar-refractivity contribution in [3.8, 4) is 0 Å². The predicted molar refractivity (Wildman–Crippen MR) is 104 cm³/mol. The Bertz CT molecular complexity index is 1100. The number of aliphatic carboxylic acids is 1. The van der Waals surface area contributed by atoms with Gasteiger partial charge in [0.1, 0.15) is 12.4 Å². The van der Waals surface area contributed by atoms with Gasteiger partial charge >= 0.3 is 5.97 Å². The fourth-order valence-electron chi connectivity index (χ4n) is 2.95. The van der Waals surface area contributed by atoms with Crippen LogP contribution in [-0.4, -0.2) is 31.9 Å². The maximum atomic E-state index is 14.3. The van der Waals surface area contributed by atoms with Gasteiger partial charge in [0, 0.05) is 10.6 Å². The van der Waals surface area contributed by atoms with Gasteiger partial charge in [-0.3, -0.25) is 9.59 Å². The van der Waals surface area contributed by atoms with Crippen LogP contribution in [0.3, 0.4) is 0 Å². The van der Waals surface area contributed by atoms with Gasteiger partial charge in [-0.15, -0.1) is 0 Å². The van der Waals surface area contributed by atoms with Crippen molar-refractivity contribution >= 4 is 39.6 Å². The lowest BCUT2D eigenvalue weighted by molar-refractivity contribution is -0.137. The summed E-state index contributed by atoms with van der Waals surface area (Å²) in [5.74, 6) is -2.51. The van der Waals surface area contributed by atoms with E-state index in [0.29, 0.717) is 16.1 Å². The molecular formula is C19H16ClFN2O5S. The molecule has 1 atom stereocenters. The van der Waals surface area contributed by atoms with Crippen LogP contribution in [0, 0.1) is 5.82 Å². The first kappa shape index (κ1) is 21.0. The zero-order chi connectivity index (χ0) is 21.2. The van der Waals surface area contributed by atoms with Gasteiger partial charge in [-0.2, -0.15) is 4.72 Å². The first-order chi connectivity index (χ1) is 13.7. The van der Waals surface area contributed by atoms with Crippen LogP contribution in [0.5, 0.6) is 0 Å². The maximum Gasteiger partial charge on any atom is 0.322 e. The van der Waals surface area contributed by atoms with E-state index in [2.05, 4.69) is 10.0 Å². The molecule has 1 aliphatic rings. The van der Waals surface area contributed by atoms with Gasteiger partial charge in [0.25, 0.3) is 0 Å². The minimum Gasteiger partial charge on any atom is -0.480 e. The molecule has 0 saturated carbocycles. The van der Waals surface area contributed by atoms with E-state index in [1.54, 1.807) is 6.08 Å². The third kappa shape index (κ3) is 4.81. The number of rotatable bonds is 7. The van der Waals surface area contributed by atoms with Gasteiger partial charge in [-0.05, 0) is 41.5 Å². The predicted octanol–water partition coefficient (Wildman–Crippen LogP) is 2.27. The van der Waals surface area contributed by atoms with E-state index in [9.17, 15) is 22.4 Å². The third-order valence-corrected chi connectivity index (χ3v) is 6.01. The third-order valence-electron chi connectivity index (χ3n) is 4.30. The zero-order valence-electron chi connectivity index (χ0n) is 14.9. The smallest absolute Gasteiger partial charge is 0.322 e. The molecule has 2 aromatic carbocycles. The van der Waals surface area contributed by atoms with Crippen LogP contribution in [0.1, 0.15) is 22.7 Å². The molecule has 1 amide bonds. The number of sulfonamides is 1. The van der Waals surface area contributed by atoms with Crippen molar-refractivity contribution in [3.05, 3.63) is 70.0 Å². The summed E-state index contributed by atoms with van der Waals surface area (Å²) in [5, 5.41) is 11.2. The lowest BCUT2D eigenvalue weighted by atomic mass is 9.98. The van der Waals surface area contributed by atoms with E-state index in [0.717, 1.165) is 6.07 Å². The number of carbonyl (C=O) groups excluding carboxylic acids is 1. The first-order valence-corrected chi connectivity index (χ1v) is 10.3. The Morgan fingerprint density at radius 1 is 1.14 bits per heavy atom. The number of nitrogens with one attached hydrogen (secondary N) is 2. The molecule has 0 aromatic heterocycles. The van der Waals surface area contributed by atoms with E-state index >= 15 is 0 Å². The van der Waals surface area contributed by atoms with Gasteiger partial charge in [0.2, 0.25) is 15.9 Å². The first-order valence-electron chi connectivity index (χ1n) is 8.43. The Labute approximate surface area is 171 Å². The summed E-state index contributed by atoms with van der Waals surface area (Å²) in [6, 6.07) is 7.50. The molecule has 1 aliphatic carbocycles. The minimum absolute atomic E-state index is 0.0270. The molecule has 2 aromatic rings. The highest BCUT2D eigenvalue weighted by Gasteiger charge is 2.27. The number of fused-ring (bicyclic) bond motifs is 1. The van der Waals surface area contributed by atoms with E-state index in [1.807, 2.05) is 0 Å². The molecule has 0 radical (unpaired) electrons. The molecular weight excluding hydrogens is 423 g/mol. The summed E-state index contributed by atoms with van der Waals surface area (Å²) in [6.45, 7) is -0.575. The second-order valence-corrected chi connectivity index (χ2v) is 8.44. The Morgan fingerprint density at radius 2 is 1.83 bits per heavy atom. The molecule has 0 bridgehead atoms. The van der Waals surface area contributed by atoms with Crippen molar-refractivity contribution in [2.75, 3.05) is 6.54 Å². The van der Waals surface area contributed by atoms with Gasteiger partial charge in [-0.1, -0.05) is 29.8 Å². The van der Waals surface area contributed by atoms with E-state index in [-0.39, 0.29) is 16.9 Å². The topological polar surface area (TPSA) is 113 Å². The van der Waals surface area contributed by atoms with Crippen molar-refractivity contribution in [3.63, 3.8) is 0 Å². The highest BCUT2D eigenvalue weighted by Crippen LogP contribution is 2.33. The molecule has 3 rings (SSSR count). The molecule has 7 nitrogen and oxygen atoms in total.